The molecule has 0 N–H and O–H groups in total. The molecular formula is C31H44O8S. The van der Waals surface area contributed by atoms with Crippen molar-refractivity contribution in [2.75, 3.05) is 27.1 Å². The van der Waals surface area contributed by atoms with E-state index < -0.39 is 16.2 Å². The number of allylic oxidation sites excluding steroid dienone is 2. The van der Waals surface area contributed by atoms with Crippen LogP contribution in [-0.2, 0) is 44.7 Å². The van der Waals surface area contributed by atoms with Gasteiger partial charge in [0.2, 0.25) is 0 Å². The molecule has 0 saturated carbocycles. The molecule has 0 fully saturated rings. The Bertz CT molecular complexity index is 1100. The molecule has 8 nitrogen and oxygen atoms in total. The zero-order chi connectivity index (χ0) is 29.2. The highest BCUT2D eigenvalue weighted by molar-refractivity contribution is 7.86. The molecule has 0 unspecified atom stereocenters. The summed E-state index contributed by atoms with van der Waals surface area (Å²) < 4.78 is 52.6. The third-order valence-electron chi connectivity index (χ3n) is 6.21. The third kappa shape index (κ3) is 13.7. The first kappa shape index (κ1) is 33.6. The first-order valence-electron chi connectivity index (χ1n) is 13.8. The minimum absolute atomic E-state index is 0.0324. The number of rotatable bonds is 20. The lowest BCUT2D eigenvalue weighted by Gasteiger charge is -2.21. The van der Waals surface area contributed by atoms with Gasteiger partial charge in [-0.2, -0.15) is 8.42 Å². The van der Waals surface area contributed by atoms with Gasteiger partial charge >= 0.3 is 5.97 Å². The van der Waals surface area contributed by atoms with Crippen LogP contribution < -0.4 is 0 Å². The number of carbonyl (C=O) groups is 1. The van der Waals surface area contributed by atoms with Gasteiger partial charge in [-0.25, -0.2) is 0 Å². The molecule has 0 aromatic heterocycles. The summed E-state index contributed by atoms with van der Waals surface area (Å²) in [7, 11) is -2.47. The molecule has 0 bridgehead atoms. The predicted octanol–water partition coefficient (Wildman–Crippen LogP) is 5.98. The Labute approximate surface area is 239 Å². The fraction of sp³-hybridized carbons (Fsp3) is 0.516. The van der Waals surface area contributed by atoms with E-state index in [4.69, 9.17) is 23.1 Å². The minimum Gasteiger partial charge on any atom is -0.466 e. The average molecular weight is 577 g/mol. The number of hydrogen-bond acceptors (Lipinski definition) is 8. The predicted molar refractivity (Wildman–Crippen MR) is 154 cm³/mol. The van der Waals surface area contributed by atoms with Crippen molar-refractivity contribution in [3.63, 3.8) is 0 Å². The first-order chi connectivity index (χ1) is 19.2. The third-order valence-corrected chi connectivity index (χ3v) is 7.50. The van der Waals surface area contributed by atoms with E-state index >= 15 is 0 Å². The second-order valence-corrected chi connectivity index (χ2v) is 11.3. The van der Waals surface area contributed by atoms with Crippen LogP contribution in [0.1, 0.15) is 57.1 Å². The fourth-order valence-corrected chi connectivity index (χ4v) is 4.93. The Balaban J connectivity index is 1.93. The van der Waals surface area contributed by atoms with Gasteiger partial charge in [0.1, 0.15) is 6.79 Å². The van der Waals surface area contributed by atoms with E-state index in [1.807, 2.05) is 49.4 Å². The summed E-state index contributed by atoms with van der Waals surface area (Å²) in [5, 5.41) is 0. The topological polar surface area (TPSA) is 97.4 Å². The highest BCUT2D eigenvalue weighted by atomic mass is 32.2. The molecule has 9 heteroatoms. The molecule has 222 valence electrons. The van der Waals surface area contributed by atoms with Crippen LogP contribution in [0.4, 0.5) is 0 Å². The van der Waals surface area contributed by atoms with Gasteiger partial charge in [0, 0.05) is 7.11 Å². The van der Waals surface area contributed by atoms with Crippen molar-refractivity contribution in [1.29, 1.82) is 0 Å². The van der Waals surface area contributed by atoms with Crippen molar-refractivity contribution in [3.8, 4) is 0 Å². The van der Waals surface area contributed by atoms with Gasteiger partial charge < -0.3 is 18.9 Å². The van der Waals surface area contributed by atoms with Gasteiger partial charge in [0.05, 0.1) is 43.3 Å². The molecule has 0 spiro atoms. The highest BCUT2D eigenvalue weighted by Gasteiger charge is 2.23. The molecule has 2 aromatic rings. The van der Waals surface area contributed by atoms with Crippen LogP contribution in [0.3, 0.4) is 0 Å². The molecule has 0 radical (unpaired) electrons. The summed E-state index contributed by atoms with van der Waals surface area (Å²) in [6, 6.07) is 16.5. The Morgan fingerprint density at radius 1 is 1.02 bits per heavy atom. The maximum absolute atomic E-state index is 12.7. The van der Waals surface area contributed by atoms with E-state index in [0.717, 1.165) is 30.4 Å². The monoisotopic (exact) mass is 576 g/mol. The van der Waals surface area contributed by atoms with Crippen molar-refractivity contribution in [2.24, 2.45) is 5.92 Å². The van der Waals surface area contributed by atoms with Crippen LogP contribution in [0, 0.1) is 12.8 Å². The van der Waals surface area contributed by atoms with Crippen molar-refractivity contribution in [3.05, 3.63) is 77.9 Å². The van der Waals surface area contributed by atoms with E-state index in [1.165, 1.54) is 19.2 Å². The van der Waals surface area contributed by atoms with Gasteiger partial charge in [0.15, 0.2) is 0 Å². The average Bonchev–Trinajstić information content (AvgIpc) is 2.94. The van der Waals surface area contributed by atoms with Crippen LogP contribution in [-0.4, -0.2) is 53.7 Å². The van der Waals surface area contributed by atoms with E-state index in [0.29, 0.717) is 13.0 Å². The number of hydrogen-bond donors (Lipinski definition) is 0. The number of ether oxygens (including phenoxy) is 4. The normalized spacial score (nSPS) is 14.2. The first-order valence-corrected chi connectivity index (χ1v) is 15.2. The zero-order valence-electron chi connectivity index (χ0n) is 24.1. The molecule has 0 saturated heterocycles. The van der Waals surface area contributed by atoms with E-state index in [1.54, 1.807) is 19.1 Å². The fourth-order valence-electron chi connectivity index (χ4n) is 4.00. The molecule has 2 rings (SSSR count). The van der Waals surface area contributed by atoms with Gasteiger partial charge in [-0.1, -0.05) is 60.2 Å². The molecule has 2 aromatic carbocycles. The quantitative estimate of drug-likeness (QED) is 0.0624. The van der Waals surface area contributed by atoms with E-state index in [-0.39, 0.29) is 49.3 Å². The largest absolute Gasteiger partial charge is 0.466 e. The maximum atomic E-state index is 12.7. The standard InChI is InChI=1S/C31H44O8S/c1-5-36-31(32)21-28(15-11-6-8-12-26(3)37-22-27-13-9-7-10-14-27)20-29(38-24-35-4)23-39-40(33,34)30-18-16-25(2)17-19-30/h7,9-11,13-19,26,28-29H,5-6,8,12,20-24H2,1-4H3/b15-11+/t26-,28+,29-/m0/s1. The number of benzene rings is 2. The molecule has 0 aliphatic heterocycles. The van der Waals surface area contributed by atoms with Gasteiger partial charge in [-0.3, -0.25) is 8.98 Å². The van der Waals surface area contributed by atoms with E-state index in [9.17, 15) is 13.2 Å². The Hall–Kier alpha value is -2.56. The Morgan fingerprint density at radius 2 is 1.75 bits per heavy atom. The minimum atomic E-state index is -3.96. The smallest absolute Gasteiger partial charge is 0.306 e. The molecule has 0 aliphatic rings. The van der Waals surface area contributed by atoms with Gasteiger partial charge in [-0.05, 0) is 70.1 Å². The summed E-state index contributed by atoms with van der Waals surface area (Å²) in [5.41, 5.74) is 2.10. The lowest BCUT2D eigenvalue weighted by atomic mass is 9.96. The molecule has 0 heterocycles. The number of aryl methyl sites for hydroxylation is 1. The summed E-state index contributed by atoms with van der Waals surface area (Å²) >= 11 is 0. The maximum Gasteiger partial charge on any atom is 0.306 e. The Kier molecular flexibility index (Phi) is 15.7. The molecular weight excluding hydrogens is 532 g/mol. The number of methoxy groups -OCH3 is 1. The SMILES string of the molecule is CCOC(=O)C[C@H](/C=C/CCC[C@H](C)OCc1ccccc1)C[C@@H](COS(=O)(=O)c1ccc(C)cc1)OCOC. The van der Waals surface area contributed by atoms with Crippen molar-refractivity contribution in [2.45, 2.75) is 76.6 Å². The lowest BCUT2D eigenvalue weighted by Crippen LogP contribution is -2.27. The zero-order valence-corrected chi connectivity index (χ0v) is 24.9. The number of esters is 1. The second-order valence-electron chi connectivity index (χ2n) is 9.72. The molecule has 40 heavy (non-hydrogen) atoms. The summed E-state index contributed by atoms with van der Waals surface area (Å²) in [6.45, 7) is 6.35. The summed E-state index contributed by atoms with van der Waals surface area (Å²) in [6.07, 6.45) is 6.70. The van der Waals surface area contributed by atoms with Crippen LogP contribution >= 0.6 is 0 Å². The molecule has 0 amide bonds. The Morgan fingerprint density at radius 3 is 2.42 bits per heavy atom. The van der Waals surface area contributed by atoms with Crippen molar-refractivity contribution < 1.29 is 36.3 Å². The van der Waals surface area contributed by atoms with Gasteiger partial charge in [-0.15, -0.1) is 0 Å². The lowest BCUT2D eigenvalue weighted by molar-refractivity contribution is -0.144. The molecule has 3 atom stereocenters. The second kappa shape index (κ2) is 18.7. The van der Waals surface area contributed by atoms with Crippen LogP contribution in [0.2, 0.25) is 0 Å². The molecule has 0 aliphatic carbocycles. The number of carbonyl (C=O) groups excluding carboxylic acids is 1. The van der Waals surface area contributed by atoms with Crippen LogP contribution in [0.15, 0.2) is 71.6 Å². The van der Waals surface area contributed by atoms with Gasteiger partial charge in [0.25, 0.3) is 10.1 Å². The highest BCUT2D eigenvalue weighted by Crippen LogP contribution is 2.20. The summed E-state index contributed by atoms with van der Waals surface area (Å²) in [5.74, 6) is -0.544. The van der Waals surface area contributed by atoms with Crippen molar-refractivity contribution >= 4 is 16.1 Å². The van der Waals surface area contributed by atoms with Crippen LogP contribution in [0.5, 0.6) is 0 Å². The number of unbranched alkanes of at least 4 members (excludes halogenated alkanes) is 1. The summed E-state index contributed by atoms with van der Waals surface area (Å²) in [4.78, 5) is 12.4. The van der Waals surface area contributed by atoms with Crippen molar-refractivity contribution in [1.82, 2.24) is 0 Å². The van der Waals surface area contributed by atoms with E-state index in [2.05, 4.69) is 6.92 Å². The van der Waals surface area contributed by atoms with Crippen LogP contribution in [0.25, 0.3) is 0 Å².